The average Bonchev–Trinajstić information content (AvgIpc) is 2.88. The first-order valence-electron chi connectivity index (χ1n) is 10.6. The summed E-state index contributed by atoms with van der Waals surface area (Å²) in [4.78, 5) is 0. The SMILES string of the molecule is Oc1c(Cl)cc(-[n+]2ccc(-c3cc[n+](-c4ccc(Oc5ccccc5)cc4)cc3)cc2)cc1Cl. The van der Waals surface area contributed by atoms with Gasteiger partial charge >= 0.3 is 0 Å². The van der Waals surface area contributed by atoms with Crippen molar-refractivity contribution in [3.8, 4) is 39.8 Å². The van der Waals surface area contributed by atoms with E-state index in [-0.39, 0.29) is 15.8 Å². The molecule has 4 nitrogen and oxygen atoms in total. The molecule has 5 rings (SSSR count). The normalized spacial score (nSPS) is 10.8. The number of para-hydroxylation sites is 1. The fourth-order valence-electron chi connectivity index (χ4n) is 3.59. The summed E-state index contributed by atoms with van der Waals surface area (Å²) < 4.78 is 9.81. The first-order chi connectivity index (χ1) is 16.6. The van der Waals surface area contributed by atoms with Crippen molar-refractivity contribution in [3.63, 3.8) is 0 Å². The van der Waals surface area contributed by atoms with Crippen molar-refractivity contribution in [2.45, 2.75) is 0 Å². The molecule has 0 unspecified atom stereocenters. The third-order valence-electron chi connectivity index (χ3n) is 5.41. The standard InChI is InChI=1S/C28H19Cl2N2O2/c29-26-18-23(19-27(30)28(26)33)32-16-12-21(13-17-32)20-10-14-31(15-11-20)22-6-8-25(9-7-22)34-24-4-2-1-3-5-24/h1-19H/q+1/p+1. The zero-order valence-corrected chi connectivity index (χ0v) is 19.5. The highest BCUT2D eigenvalue weighted by atomic mass is 35.5. The Morgan fingerprint density at radius 3 is 1.56 bits per heavy atom. The second-order valence-electron chi connectivity index (χ2n) is 7.66. The Kier molecular flexibility index (Phi) is 6.17. The van der Waals surface area contributed by atoms with Gasteiger partial charge in [-0.3, -0.25) is 0 Å². The van der Waals surface area contributed by atoms with Gasteiger partial charge in [-0.25, -0.2) is 0 Å². The van der Waals surface area contributed by atoms with E-state index in [9.17, 15) is 5.11 Å². The average molecular weight is 487 g/mol. The smallest absolute Gasteiger partial charge is 0.213 e. The lowest BCUT2D eigenvalue weighted by Gasteiger charge is -2.05. The number of aromatic hydroxyl groups is 1. The van der Waals surface area contributed by atoms with Gasteiger partial charge in [-0.2, -0.15) is 9.13 Å². The Balaban J connectivity index is 1.31. The predicted molar refractivity (Wildman–Crippen MR) is 133 cm³/mol. The number of benzene rings is 3. The first kappa shape index (κ1) is 22.0. The van der Waals surface area contributed by atoms with E-state index in [1.807, 2.05) is 96.1 Å². The van der Waals surface area contributed by atoms with Crippen LogP contribution in [-0.4, -0.2) is 5.11 Å². The summed E-state index contributed by atoms with van der Waals surface area (Å²) in [5, 5.41) is 10.2. The summed E-state index contributed by atoms with van der Waals surface area (Å²) in [6.45, 7) is 0. The van der Waals surface area contributed by atoms with Crippen LogP contribution in [0.3, 0.4) is 0 Å². The molecule has 0 aliphatic carbocycles. The molecular weight excluding hydrogens is 467 g/mol. The quantitative estimate of drug-likeness (QED) is 0.280. The molecule has 0 saturated carbocycles. The number of nitrogens with zero attached hydrogens (tertiary/aromatic N) is 2. The van der Waals surface area contributed by atoms with Gasteiger partial charge in [0.1, 0.15) is 11.5 Å². The van der Waals surface area contributed by atoms with Crippen LogP contribution in [0.4, 0.5) is 0 Å². The van der Waals surface area contributed by atoms with E-state index in [1.165, 1.54) is 0 Å². The van der Waals surface area contributed by atoms with Crippen LogP contribution in [0.2, 0.25) is 10.0 Å². The van der Waals surface area contributed by atoms with Gasteiger partial charge < -0.3 is 9.84 Å². The highest BCUT2D eigenvalue weighted by molar-refractivity contribution is 6.37. The summed E-state index contributed by atoms with van der Waals surface area (Å²) in [7, 11) is 0. The number of ether oxygens (including phenoxy) is 1. The number of phenols is 1. The van der Waals surface area contributed by atoms with E-state index in [0.29, 0.717) is 0 Å². The van der Waals surface area contributed by atoms with Crippen molar-refractivity contribution in [2.75, 3.05) is 0 Å². The van der Waals surface area contributed by atoms with Gasteiger partial charge in [0, 0.05) is 48.5 Å². The molecule has 166 valence electrons. The maximum Gasteiger partial charge on any atom is 0.213 e. The number of hydrogen-bond acceptors (Lipinski definition) is 2. The van der Waals surface area contributed by atoms with Crippen LogP contribution in [0.25, 0.3) is 22.5 Å². The molecule has 0 fully saturated rings. The van der Waals surface area contributed by atoms with Gasteiger partial charge in [0.15, 0.2) is 30.5 Å². The third kappa shape index (κ3) is 4.74. The Labute approximate surface area is 207 Å². The van der Waals surface area contributed by atoms with E-state index in [0.717, 1.165) is 34.0 Å². The maximum absolute atomic E-state index is 9.77. The van der Waals surface area contributed by atoms with Gasteiger partial charge in [0.25, 0.3) is 0 Å². The van der Waals surface area contributed by atoms with Crippen molar-refractivity contribution >= 4 is 23.2 Å². The van der Waals surface area contributed by atoms with Gasteiger partial charge in [-0.05, 0) is 35.4 Å². The van der Waals surface area contributed by atoms with E-state index < -0.39 is 0 Å². The second-order valence-corrected chi connectivity index (χ2v) is 8.47. The lowest BCUT2D eigenvalue weighted by Crippen LogP contribution is -2.29. The lowest BCUT2D eigenvalue weighted by atomic mass is 10.1. The monoisotopic (exact) mass is 486 g/mol. The zero-order valence-electron chi connectivity index (χ0n) is 18.0. The van der Waals surface area contributed by atoms with Crippen molar-refractivity contribution in [1.82, 2.24) is 0 Å². The summed E-state index contributed by atoms with van der Waals surface area (Å²) in [6.07, 6.45) is 7.92. The van der Waals surface area contributed by atoms with Crippen molar-refractivity contribution in [1.29, 1.82) is 0 Å². The lowest BCUT2D eigenvalue weighted by molar-refractivity contribution is -0.596. The maximum atomic E-state index is 9.77. The van der Waals surface area contributed by atoms with Crippen molar-refractivity contribution < 1.29 is 19.0 Å². The number of phenolic OH excluding ortho intramolecular Hbond substituents is 1. The van der Waals surface area contributed by atoms with E-state index >= 15 is 0 Å². The van der Waals surface area contributed by atoms with Gasteiger partial charge in [-0.1, -0.05) is 41.4 Å². The molecule has 0 spiro atoms. The minimum atomic E-state index is -0.111. The molecule has 2 heterocycles. The molecule has 5 aromatic rings. The summed E-state index contributed by atoms with van der Waals surface area (Å²) in [6, 6.07) is 29.2. The molecule has 0 atom stereocenters. The number of hydrogen-bond donors (Lipinski definition) is 1. The van der Waals surface area contributed by atoms with Crippen LogP contribution in [0.15, 0.2) is 116 Å². The van der Waals surface area contributed by atoms with Gasteiger partial charge in [-0.15, -0.1) is 0 Å². The molecular formula is C28H20Cl2N2O2+2. The largest absolute Gasteiger partial charge is 0.505 e. The minimum absolute atomic E-state index is 0.111. The molecule has 34 heavy (non-hydrogen) atoms. The molecule has 3 aromatic carbocycles. The molecule has 0 radical (unpaired) electrons. The molecule has 0 saturated heterocycles. The van der Waals surface area contributed by atoms with E-state index in [2.05, 4.69) is 16.7 Å². The summed E-state index contributed by atoms with van der Waals surface area (Å²) >= 11 is 12.1. The Morgan fingerprint density at radius 1 is 0.559 bits per heavy atom. The zero-order chi connectivity index (χ0) is 23.5. The molecule has 0 aliphatic rings. The molecule has 0 amide bonds. The van der Waals surface area contributed by atoms with Crippen LogP contribution in [-0.2, 0) is 0 Å². The van der Waals surface area contributed by atoms with Crippen molar-refractivity contribution in [3.05, 3.63) is 126 Å². The molecule has 0 aliphatic heterocycles. The topological polar surface area (TPSA) is 37.2 Å². The van der Waals surface area contributed by atoms with Gasteiger partial charge in [0.2, 0.25) is 11.4 Å². The van der Waals surface area contributed by atoms with Crippen molar-refractivity contribution in [2.24, 2.45) is 0 Å². The number of aromatic nitrogens is 2. The number of halogens is 2. The van der Waals surface area contributed by atoms with Crippen LogP contribution < -0.4 is 13.9 Å². The third-order valence-corrected chi connectivity index (χ3v) is 5.98. The summed E-state index contributed by atoms with van der Waals surface area (Å²) in [5.74, 6) is 1.49. The molecule has 0 bridgehead atoms. The van der Waals surface area contributed by atoms with E-state index in [1.54, 1.807) is 12.1 Å². The highest BCUT2D eigenvalue weighted by Gasteiger charge is 2.14. The Bertz CT molecular complexity index is 1400. The Hall–Kier alpha value is -3.86. The van der Waals surface area contributed by atoms with E-state index in [4.69, 9.17) is 27.9 Å². The van der Waals surface area contributed by atoms with Gasteiger partial charge in [0.05, 0.1) is 10.0 Å². The minimum Gasteiger partial charge on any atom is -0.505 e. The molecule has 6 heteroatoms. The van der Waals surface area contributed by atoms with Crippen LogP contribution >= 0.6 is 23.2 Å². The first-order valence-corrected chi connectivity index (χ1v) is 11.4. The molecule has 1 N–H and O–H groups in total. The fourth-order valence-corrected chi connectivity index (χ4v) is 4.07. The predicted octanol–water partition coefficient (Wildman–Crippen LogP) is 6.71. The number of rotatable bonds is 5. The van der Waals surface area contributed by atoms with Crippen LogP contribution in [0.1, 0.15) is 0 Å². The van der Waals surface area contributed by atoms with Crippen LogP contribution in [0.5, 0.6) is 17.2 Å². The molecule has 2 aromatic heterocycles. The fraction of sp³-hybridized carbons (Fsp3) is 0. The highest BCUT2D eigenvalue weighted by Crippen LogP contribution is 2.32. The number of pyridine rings is 2. The van der Waals surface area contributed by atoms with Crippen LogP contribution in [0, 0.1) is 0 Å². The second kappa shape index (κ2) is 9.56. The summed E-state index contributed by atoms with van der Waals surface area (Å²) in [5.41, 5.74) is 3.98. The Morgan fingerprint density at radius 2 is 1.03 bits per heavy atom.